The van der Waals surface area contributed by atoms with Crippen LogP contribution in [0, 0.1) is 0 Å². The first-order valence-corrected chi connectivity index (χ1v) is 9.24. The number of benzene rings is 2. The summed E-state index contributed by atoms with van der Waals surface area (Å²) in [5, 5.41) is 10.6. The molecule has 2 N–H and O–H groups in total. The molecule has 1 atom stereocenters. The summed E-state index contributed by atoms with van der Waals surface area (Å²) in [6.07, 6.45) is 3.49. The van der Waals surface area contributed by atoms with Gasteiger partial charge in [0.05, 0.1) is 6.04 Å². The second-order valence-electron chi connectivity index (χ2n) is 6.04. The average Bonchev–Trinajstić information content (AvgIpc) is 3.31. The molecular formula is C19H18N4OS. The molecule has 0 fully saturated rings. The lowest BCUT2D eigenvalue weighted by Gasteiger charge is -2.14. The maximum Gasteiger partial charge on any atom is 0.251 e. The number of rotatable bonds is 5. The number of aryl methyl sites for hydroxylation is 1. The molecule has 126 valence electrons. The first-order valence-electron chi connectivity index (χ1n) is 8.25. The van der Waals surface area contributed by atoms with E-state index in [1.165, 1.54) is 17.5 Å². The molecule has 3 aromatic rings. The van der Waals surface area contributed by atoms with Gasteiger partial charge in [-0.05, 0) is 41.7 Å². The first-order chi connectivity index (χ1) is 12.3. The predicted molar refractivity (Wildman–Crippen MR) is 97.4 cm³/mol. The molecule has 1 amide bonds. The number of aromatic nitrogens is 3. The summed E-state index contributed by atoms with van der Waals surface area (Å²) in [6, 6.07) is 16.2. The number of fused-ring (bicyclic) bond motifs is 1. The Morgan fingerprint density at radius 1 is 1.20 bits per heavy atom. The minimum absolute atomic E-state index is 0.0175. The normalized spacial score (nSPS) is 15.8. The van der Waals surface area contributed by atoms with E-state index in [2.05, 4.69) is 38.7 Å². The van der Waals surface area contributed by atoms with Crippen molar-refractivity contribution in [3.8, 4) is 0 Å². The van der Waals surface area contributed by atoms with Gasteiger partial charge < -0.3 is 5.32 Å². The predicted octanol–water partition coefficient (Wildman–Crippen LogP) is 3.51. The van der Waals surface area contributed by atoms with Crippen molar-refractivity contribution in [1.29, 1.82) is 0 Å². The van der Waals surface area contributed by atoms with Gasteiger partial charge in [0.15, 0.2) is 5.16 Å². The number of hydrogen-bond donors (Lipinski definition) is 2. The highest BCUT2D eigenvalue weighted by atomic mass is 32.2. The zero-order valence-corrected chi connectivity index (χ0v) is 14.4. The van der Waals surface area contributed by atoms with Crippen LogP contribution in [0.3, 0.4) is 0 Å². The Morgan fingerprint density at radius 2 is 2.04 bits per heavy atom. The van der Waals surface area contributed by atoms with Crippen molar-refractivity contribution in [2.24, 2.45) is 0 Å². The Morgan fingerprint density at radius 3 is 2.84 bits per heavy atom. The molecule has 1 heterocycles. The molecule has 1 aliphatic carbocycles. The quantitative estimate of drug-likeness (QED) is 0.691. The van der Waals surface area contributed by atoms with Crippen LogP contribution < -0.4 is 5.32 Å². The highest BCUT2D eigenvalue weighted by Gasteiger charge is 2.23. The molecule has 4 rings (SSSR count). The van der Waals surface area contributed by atoms with Crippen LogP contribution in [0.1, 0.15) is 39.5 Å². The van der Waals surface area contributed by atoms with E-state index in [-0.39, 0.29) is 11.9 Å². The molecule has 0 spiro atoms. The standard InChI is InChI=1S/C19H18N4OS/c24-18(22-17-10-9-14-3-1-2-4-16(14)17)15-7-5-13(6-8-15)11-25-19-20-12-21-23-19/h1-8,12,17H,9-11H2,(H,22,24)(H,20,21,23)/t17-/m1/s1. The third kappa shape index (κ3) is 3.58. The number of amides is 1. The van der Waals surface area contributed by atoms with Crippen LogP contribution in [0.2, 0.25) is 0 Å². The van der Waals surface area contributed by atoms with E-state index >= 15 is 0 Å². The Bertz CT molecular complexity index is 861. The lowest BCUT2D eigenvalue weighted by Crippen LogP contribution is -2.27. The number of H-pyrrole nitrogens is 1. The van der Waals surface area contributed by atoms with Crippen LogP contribution in [0.25, 0.3) is 0 Å². The number of aromatic amines is 1. The fraction of sp³-hybridized carbons (Fsp3) is 0.211. The number of carbonyl (C=O) groups is 1. The number of nitrogens with one attached hydrogen (secondary N) is 2. The zero-order valence-electron chi connectivity index (χ0n) is 13.6. The van der Waals surface area contributed by atoms with E-state index in [0.717, 1.165) is 29.3 Å². The van der Waals surface area contributed by atoms with Crippen LogP contribution in [-0.2, 0) is 12.2 Å². The molecule has 0 unspecified atom stereocenters. The van der Waals surface area contributed by atoms with Gasteiger partial charge in [0, 0.05) is 11.3 Å². The zero-order chi connectivity index (χ0) is 17.1. The Hall–Kier alpha value is -2.60. The SMILES string of the molecule is O=C(N[C@@H]1CCc2ccccc21)c1ccc(CSc2ncn[nH]2)cc1. The number of carbonyl (C=O) groups excluding carboxylic acids is 1. The minimum Gasteiger partial charge on any atom is -0.345 e. The third-order valence-electron chi connectivity index (χ3n) is 4.42. The number of nitrogens with zero attached hydrogens (tertiary/aromatic N) is 2. The van der Waals surface area contributed by atoms with Gasteiger partial charge in [0.1, 0.15) is 6.33 Å². The van der Waals surface area contributed by atoms with Gasteiger partial charge >= 0.3 is 0 Å². The van der Waals surface area contributed by atoms with E-state index in [1.54, 1.807) is 11.8 Å². The minimum atomic E-state index is -0.0175. The molecular weight excluding hydrogens is 332 g/mol. The van der Waals surface area contributed by atoms with Crippen molar-refractivity contribution < 1.29 is 4.79 Å². The highest BCUT2D eigenvalue weighted by Crippen LogP contribution is 2.30. The van der Waals surface area contributed by atoms with Crippen molar-refractivity contribution in [2.45, 2.75) is 29.8 Å². The molecule has 2 aromatic carbocycles. The molecule has 0 saturated heterocycles. The molecule has 0 aliphatic heterocycles. The average molecular weight is 350 g/mol. The van der Waals surface area contributed by atoms with E-state index in [4.69, 9.17) is 0 Å². The van der Waals surface area contributed by atoms with E-state index in [1.807, 2.05) is 30.3 Å². The second-order valence-corrected chi connectivity index (χ2v) is 7.00. The molecule has 0 radical (unpaired) electrons. The molecule has 1 aromatic heterocycles. The van der Waals surface area contributed by atoms with Gasteiger partial charge in [-0.25, -0.2) is 4.98 Å². The van der Waals surface area contributed by atoms with Gasteiger partial charge in [0.2, 0.25) is 0 Å². The van der Waals surface area contributed by atoms with E-state index < -0.39 is 0 Å². The van der Waals surface area contributed by atoms with Gasteiger partial charge in [-0.15, -0.1) is 0 Å². The lowest BCUT2D eigenvalue weighted by molar-refractivity contribution is 0.0936. The van der Waals surface area contributed by atoms with Crippen molar-refractivity contribution in [3.05, 3.63) is 77.1 Å². The summed E-state index contributed by atoms with van der Waals surface area (Å²) in [7, 11) is 0. The lowest BCUT2D eigenvalue weighted by atomic mass is 10.1. The summed E-state index contributed by atoms with van der Waals surface area (Å²) in [6.45, 7) is 0. The number of hydrogen-bond acceptors (Lipinski definition) is 4. The Labute approximate surface area is 150 Å². The Kier molecular flexibility index (Phi) is 4.52. The maximum absolute atomic E-state index is 12.5. The Balaban J connectivity index is 1.38. The molecule has 0 bridgehead atoms. The molecule has 5 nitrogen and oxygen atoms in total. The molecule has 0 saturated carbocycles. The van der Waals surface area contributed by atoms with Crippen LogP contribution in [0.5, 0.6) is 0 Å². The van der Waals surface area contributed by atoms with Crippen molar-refractivity contribution in [1.82, 2.24) is 20.5 Å². The van der Waals surface area contributed by atoms with Gasteiger partial charge in [-0.3, -0.25) is 9.89 Å². The molecule has 6 heteroatoms. The summed E-state index contributed by atoms with van der Waals surface area (Å²) in [4.78, 5) is 16.6. The molecule has 25 heavy (non-hydrogen) atoms. The fourth-order valence-electron chi connectivity index (χ4n) is 3.12. The van der Waals surface area contributed by atoms with E-state index in [9.17, 15) is 4.79 Å². The van der Waals surface area contributed by atoms with E-state index in [0.29, 0.717) is 5.56 Å². The number of thioether (sulfide) groups is 1. The first kappa shape index (κ1) is 15.9. The third-order valence-corrected chi connectivity index (χ3v) is 5.37. The summed E-state index contributed by atoms with van der Waals surface area (Å²) >= 11 is 1.58. The van der Waals surface area contributed by atoms with Crippen LogP contribution in [0.15, 0.2) is 60.0 Å². The van der Waals surface area contributed by atoms with Crippen LogP contribution >= 0.6 is 11.8 Å². The van der Waals surface area contributed by atoms with Crippen molar-refractivity contribution in [3.63, 3.8) is 0 Å². The van der Waals surface area contributed by atoms with Crippen LogP contribution in [-0.4, -0.2) is 21.1 Å². The summed E-state index contributed by atoms with van der Waals surface area (Å²) in [5.41, 5.74) is 4.42. The van der Waals surface area contributed by atoms with Crippen molar-refractivity contribution in [2.75, 3.05) is 0 Å². The second kappa shape index (κ2) is 7.11. The smallest absolute Gasteiger partial charge is 0.251 e. The van der Waals surface area contributed by atoms with Crippen molar-refractivity contribution >= 4 is 17.7 Å². The molecule has 1 aliphatic rings. The van der Waals surface area contributed by atoms with Crippen LogP contribution in [0.4, 0.5) is 0 Å². The topological polar surface area (TPSA) is 70.7 Å². The van der Waals surface area contributed by atoms with Gasteiger partial charge in [0.25, 0.3) is 5.91 Å². The highest BCUT2D eigenvalue weighted by molar-refractivity contribution is 7.98. The summed E-state index contributed by atoms with van der Waals surface area (Å²) < 4.78 is 0. The van der Waals surface area contributed by atoms with Gasteiger partial charge in [-0.1, -0.05) is 48.2 Å². The largest absolute Gasteiger partial charge is 0.345 e. The summed E-state index contributed by atoms with van der Waals surface area (Å²) in [5.74, 6) is 0.767. The van der Waals surface area contributed by atoms with Gasteiger partial charge in [-0.2, -0.15) is 5.10 Å². The maximum atomic E-state index is 12.5. The fourth-order valence-corrected chi connectivity index (χ4v) is 3.85. The monoisotopic (exact) mass is 350 g/mol.